The molecule has 0 heterocycles. The van der Waals surface area contributed by atoms with Crippen LogP contribution in [-0.4, -0.2) is 23.2 Å². The maximum Gasteiger partial charge on any atom is 0.254 e. The number of hydrogen-bond acceptors (Lipinski definition) is 3. The molecule has 1 saturated carbocycles. The molecule has 86 valence electrons. The molecule has 1 aliphatic rings. The molecule has 1 aromatic carbocycles. The third kappa shape index (κ3) is 2.20. The zero-order valence-corrected chi connectivity index (χ0v) is 9.43. The van der Waals surface area contributed by atoms with E-state index in [1.807, 2.05) is 0 Å². The number of carbonyl (C=O) groups excluding carboxylic acids is 1. The zero-order valence-electron chi connectivity index (χ0n) is 8.53. The summed E-state index contributed by atoms with van der Waals surface area (Å²) in [6, 6.07) is 4.06. The lowest BCUT2D eigenvalue weighted by Gasteiger charge is -2.14. The van der Waals surface area contributed by atoms with Gasteiger partial charge in [0, 0.05) is 4.90 Å². The highest BCUT2D eigenvalue weighted by Gasteiger charge is 2.43. The largest absolute Gasteiger partial charge is 0.394 e. The molecule has 16 heavy (non-hydrogen) atoms. The van der Waals surface area contributed by atoms with Crippen molar-refractivity contribution >= 4 is 18.5 Å². The topological polar surface area (TPSA) is 49.3 Å². The fraction of sp³-hybridized carbons (Fsp3) is 0.364. The lowest BCUT2D eigenvalue weighted by molar-refractivity contribution is 0.0902. The minimum Gasteiger partial charge on any atom is -0.394 e. The Morgan fingerprint density at radius 3 is 2.81 bits per heavy atom. The SMILES string of the molecule is O=C(NC1(CO)CC1)c1cc(S)ccc1F. The zero-order chi connectivity index (χ0) is 11.8. The summed E-state index contributed by atoms with van der Waals surface area (Å²) in [6.07, 6.45) is 1.47. The van der Waals surface area contributed by atoms with Gasteiger partial charge in [0.2, 0.25) is 0 Å². The molecule has 0 saturated heterocycles. The van der Waals surface area contributed by atoms with Crippen LogP contribution in [0.5, 0.6) is 0 Å². The van der Waals surface area contributed by atoms with Crippen LogP contribution in [0.15, 0.2) is 23.1 Å². The fourth-order valence-corrected chi connectivity index (χ4v) is 1.67. The summed E-state index contributed by atoms with van der Waals surface area (Å²) < 4.78 is 13.4. The Kier molecular flexibility index (Phi) is 2.90. The van der Waals surface area contributed by atoms with E-state index in [9.17, 15) is 9.18 Å². The van der Waals surface area contributed by atoms with Gasteiger partial charge >= 0.3 is 0 Å². The average Bonchev–Trinajstić information content (AvgIpc) is 3.02. The Hall–Kier alpha value is -1.07. The van der Waals surface area contributed by atoms with Gasteiger partial charge in [0.25, 0.3) is 5.91 Å². The first kappa shape index (κ1) is 11.4. The van der Waals surface area contributed by atoms with Gasteiger partial charge in [-0.05, 0) is 31.0 Å². The smallest absolute Gasteiger partial charge is 0.254 e. The number of carbonyl (C=O) groups is 1. The number of aliphatic hydroxyl groups excluding tert-OH is 1. The number of aliphatic hydroxyl groups is 1. The molecule has 1 aliphatic carbocycles. The first-order valence-electron chi connectivity index (χ1n) is 4.98. The van der Waals surface area contributed by atoms with Gasteiger partial charge in [0.05, 0.1) is 17.7 Å². The van der Waals surface area contributed by atoms with Crippen molar-refractivity contribution in [1.29, 1.82) is 0 Å². The Morgan fingerprint density at radius 2 is 2.25 bits per heavy atom. The van der Waals surface area contributed by atoms with Gasteiger partial charge in [-0.1, -0.05) is 0 Å². The van der Waals surface area contributed by atoms with Crippen molar-refractivity contribution in [2.45, 2.75) is 23.3 Å². The lowest BCUT2D eigenvalue weighted by atomic mass is 10.1. The summed E-state index contributed by atoms with van der Waals surface area (Å²) in [4.78, 5) is 12.3. The van der Waals surface area contributed by atoms with Crippen LogP contribution in [0.3, 0.4) is 0 Å². The van der Waals surface area contributed by atoms with Gasteiger partial charge in [-0.2, -0.15) is 0 Å². The van der Waals surface area contributed by atoms with E-state index in [4.69, 9.17) is 5.11 Å². The summed E-state index contributed by atoms with van der Waals surface area (Å²) in [5, 5.41) is 11.7. The van der Waals surface area contributed by atoms with Crippen molar-refractivity contribution in [3.63, 3.8) is 0 Å². The summed E-state index contributed by atoms with van der Waals surface area (Å²) in [7, 11) is 0. The van der Waals surface area contributed by atoms with E-state index in [1.54, 1.807) is 0 Å². The average molecular weight is 241 g/mol. The maximum absolute atomic E-state index is 13.4. The molecule has 0 aromatic heterocycles. The number of halogens is 1. The molecule has 0 atom stereocenters. The second-order valence-corrected chi connectivity index (χ2v) is 4.57. The number of hydrogen-bond donors (Lipinski definition) is 3. The van der Waals surface area contributed by atoms with Crippen molar-refractivity contribution in [2.75, 3.05) is 6.61 Å². The molecule has 0 spiro atoms. The molecule has 0 unspecified atom stereocenters. The van der Waals surface area contributed by atoms with E-state index < -0.39 is 17.3 Å². The molecule has 1 amide bonds. The quantitative estimate of drug-likeness (QED) is 0.700. The molecule has 0 bridgehead atoms. The Labute approximate surface area is 98.1 Å². The van der Waals surface area contributed by atoms with Crippen molar-refractivity contribution in [3.05, 3.63) is 29.6 Å². The molecule has 5 heteroatoms. The van der Waals surface area contributed by atoms with Crippen LogP contribution in [-0.2, 0) is 0 Å². The highest BCUT2D eigenvalue weighted by Crippen LogP contribution is 2.34. The molecule has 2 N–H and O–H groups in total. The van der Waals surface area contributed by atoms with Gasteiger partial charge in [-0.3, -0.25) is 4.79 Å². The predicted octanol–water partition coefficient (Wildman–Crippen LogP) is 1.37. The van der Waals surface area contributed by atoms with Gasteiger partial charge in [-0.25, -0.2) is 4.39 Å². The second kappa shape index (κ2) is 4.07. The standard InChI is InChI=1S/C11H12FNO2S/c12-9-2-1-7(16)5-8(9)10(15)13-11(6-14)3-4-11/h1-2,5,14,16H,3-4,6H2,(H,13,15). The van der Waals surface area contributed by atoms with Crippen molar-refractivity contribution in [2.24, 2.45) is 0 Å². The molecule has 0 aliphatic heterocycles. The van der Waals surface area contributed by atoms with Crippen LogP contribution in [0.25, 0.3) is 0 Å². The molecule has 2 rings (SSSR count). The summed E-state index contributed by atoms with van der Waals surface area (Å²) in [5.74, 6) is -1.08. The number of thiol groups is 1. The van der Waals surface area contributed by atoms with Crippen LogP contribution in [0.2, 0.25) is 0 Å². The van der Waals surface area contributed by atoms with E-state index in [0.717, 1.165) is 12.8 Å². The minimum absolute atomic E-state index is 0.0350. The minimum atomic E-state index is -0.580. The molecular weight excluding hydrogens is 229 g/mol. The van der Waals surface area contributed by atoms with Crippen LogP contribution in [0.1, 0.15) is 23.2 Å². The summed E-state index contributed by atoms with van der Waals surface area (Å²) in [5.41, 5.74) is -0.567. The first-order valence-corrected chi connectivity index (χ1v) is 5.43. The van der Waals surface area contributed by atoms with Crippen LogP contribution in [0.4, 0.5) is 4.39 Å². The number of benzene rings is 1. The number of nitrogens with one attached hydrogen (secondary N) is 1. The van der Waals surface area contributed by atoms with Gasteiger partial charge in [0.1, 0.15) is 5.82 Å². The van der Waals surface area contributed by atoms with E-state index in [2.05, 4.69) is 17.9 Å². The Morgan fingerprint density at radius 1 is 1.56 bits per heavy atom. The van der Waals surface area contributed by atoms with Crippen LogP contribution < -0.4 is 5.32 Å². The summed E-state index contributed by atoms with van der Waals surface area (Å²) in [6.45, 7) is -0.110. The third-order valence-corrected chi connectivity index (χ3v) is 3.01. The monoisotopic (exact) mass is 241 g/mol. The highest BCUT2D eigenvalue weighted by atomic mass is 32.1. The van der Waals surface area contributed by atoms with Gasteiger partial charge < -0.3 is 10.4 Å². The number of amides is 1. The fourth-order valence-electron chi connectivity index (χ4n) is 1.47. The van der Waals surface area contributed by atoms with Crippen molar-refractivity contribution < 1.29 is 14.3 Å². The Balaban J connectivity index is 2.17. The van der Waals surface area contributed by atoms with Crippen molar-refractivity contribution in [3.8, 4) is 0 Å². The van der Waals surface area contributed by atoms with Crippen molar-refractivity contribution in [1.82, 2.24) is 5.32 Å². The normalized spacial score (nSPS) is 16.9. The van der Waals surface area contributed by atoms with Crippen LogP contribution >= 0.6 is 12.6 Å². The van der Waals surface area contributed by atoms with E-state index in [-0.39, 0.29) is 12.2 Å². The summed E-state index contributed by atoms with van der Waals surface area (Å²) >= 11 is 4.05. The van der Waals surface area contributed by atoms with Gasteiger partial charge in [0.15, 0.2) is 0 Å². The molecule has 1 fully saturated rings. The Bertz CT molecular complexity index is 432. The maximum atomic E-state index is 13.4. The molecule has 1 aromatic rings. The molecule has 0 radical (unpaired) electrons. The van der Waals surface area contributed by atoms with E-state index in [1.165, 1.54) is 18.2 Å². The number of rotatable bonds is 3. The second-order valence-electron chi connectivity index (χ2n) is 4.06. The predicted molar refractivity (Wildman–Crippen MR) is 60.2 cm³/mol. The molecular formula is C11H12FNO2S. The lowest BCUT2D eigenvalue weighted by Crippen LogP contribution is -2.39. The van der Waals surface area contributed by atoms with Crippen LogP contribution in [0, 0.1) is 5.82 Å². The van der Waals surface area contributed by atoms with E-state index in [0.29, 0.717) is 4.90 Å². The third-order valence-electron chi connectivity index (χ3n) is 2.73. The van der Waals surface area contributed by atoms with Gasteiger partial charge in [-0.15, -0.1) is 12.6 Å². The van der Waals surface area contributed by atoms with E-state index >= 15 is 0 Å². The molecule has 3 nitrogen and oxygen atoms in total. The first-order chi connectivity index (χ1) is 7.56. The highest BCUT2D eigenvalue weighted by molar-refractivity contribution is 7.80.